The fraction of sp³-hybridized carbons (Fsp3) is 0.214. The van der Waals surface area contributed by atoms with Crippen LogP contribution in [0.3, 0.4) is 0 Å². The zero-order valence-corrected chi connectivity index (χ0v) is 10.6. The van der Waals surface area contributed by atoms with Crippen LogP contribution in [-0.2, 0) is 13.6 Å². The third kappa shape index (κ3) is 1.54. The minimum absolute atomic E-state index is 0.161. The number of pyridine rings is 1. The summed E-state index contributed by atoms with van der Waals surface area (Å²) in [4.78, 5) is 12.3. The van der Waals surface area contributed by atoms with Gasteiger partial charge in [0, 0.05) is 13.2 Å². The van der Waals surface area contributed by atoms with Gasteiger partial charge in [0.25, 0.3) is 10.9 Å². The van der Waals surface area contributed by atoms with Gasteiger partial charge in [-0.1, -0.05) is 0 Å². The van der Waals surface area contributed by atoms with Gasteiger partial charge in [0.2, 0.25) is 0 Å². The fourth-order valence-corrected chi connectivity index (χ4v) is 2.54. The Hall–Kier alpha value is -2.61. The molecule has 3 rings (SSSR count). The Morgan fingerprint density at radius 2 is 2.32 bits per heavy atom. The Morgan fingerprint density at radius 1 is 1.53 bits per heavy atom. The Labute approximate surface area is 109 Å². The first-order chi connectivity index (χ1) is 9.13. The summed E-state index contributed by atoms with van der Waals surface area (Å²) in [5, 5.41) is 10.6. The van der Waals surface area contributed by atoms with E-state index in [0.29, 0.717) is 18.5 Å². The van der Waals surface area contributed by atoms with Crippen molar-refractivity contribution >= 4 is 27.5 Å². The lowest BCUT2D eigenvalue weighted by Gasteiger charge is -2.04. The van der Waals surface area contributed by atoms with Crippen LogP contribution in [0, 0.1) is 11.3 Å². The van der Waals surface area contributed by atoms with Gasteiger partial charge < -0.3 is 10.3 Å². The largest absolute Gasteiger partial charge is 0.395 e. The smallest absolute Gasteiger partial charge is 0.273 e. The number of nitrogens with two attached hydrogens (primary N) is 1. The molecule has 5 heteroatoms. The predicted octanol–water partition coefficient (Wildman–Crippen LogP) is 0.913. The Morgan fingerprint density at radius 3 is 3.05 bits per heavy atom. The lowest BCUT2D eigenvalue weighted by Crippen LogP contribution is -2.35. The molecular formula is C14H13N4O+. The molecule has 0 spiro atoms. The highest BCUT2D eigenvalue weighted by atomic mass is 16.1. The Balaban J connectivity index is 2.49. The van der Waals surface area contributed by atoms with E-state index in [4.69, 9.17) is 11.0 Å². The minimum Gasteiger partial charge on any atom is -0.395 e. The van der Waals surface area contributed by atoms with Crippen LogP contribution in [0.5, 0.6) is 0 Å². The van der Waals surface area contributed by atoms with E-state index in [9.17, 15) is 4.79 Å². The van der Waals surface area contributed by atoms with E-state index in [1.165, 1.54) is 0 Å². The third-order valence-corrected chi connectivity index (χ3v) is 3.46. The molecule has 0 saturated carbocycles. The maximum Gasteiger partial charge on any atom is 0.273 e. The zero-order valence-electron chi connectivity index (χ0n) is 10.6. The number of benzene rings is 1. The van der Waals surface area contributed by atoms with Crippen LogP contribution in [0.2, 0.25) is 0 Å². The molecule has 0 atom stereocenters. The van der Waals surface area contributed by atoms with E-state index in [-0.39, 0.29) is 11.1 Å². The van der Waals surface area contributed by atoms with Crippen molar-refractivity contribution in [1.82, 2.24) is 4.57 Å². The maximum absolute atomic E-state index is 12.3. The molecule has 0 radical (unpaired) electrons. The monoisotopic (exact) mass is 253 g/mol. The highest BCUT2D eigenvalue weighted by Gasteiger charge is 2.22. The molecule has 2 N–H and O–H groups in total. The minimum atomic E-state index is -0.161. The summed E-state index contributed by atoms with van der Waals surface area (Å²) in [6.45, 7) is 0.503. The van der Waals surface area contributed by atoms with E-state index in [0.717, 1.165) is 16.3 Å². The predicted molar refractivity (Wildman–Crippen MR) is 72.7 cm³/mol. The van der Waals surface area contributed by atoms with E-state index in [1.54, 1.807) is 6.07 Å². The average molecular weight is 253 g/mol. The number of anilines is 1. The molecular weight excluding hydrogens is 240 g/mol. The summed E-state index contributed by atoms with van der Waals surface area (Å²) >= 11 is 0. The van der Waals surface area contributed by atoms with Crippen molar-refractivity contribution in [3.8, 4) is 6.07 Å². The topological polar surface area (TPSA) is 75.7 Å². The van der Waals surface area contributed by atoms with Gasteiger partial charge in [0.15, 0.2) is 12.7 Å². The molecule has 0 aliphatic heterocycles. The molecule has 19 heavy (non-hydrogen) atoms. The van der Waals surface area contributed by atoms with E-state index in [2.05, 4.69) is 6.07 Å². The molecule has 1 aromatic carbocycles. The number of hydrogen-bond donors (Lipinski definition) is 1. The SMILES string of the molecule is Cn1ccc2c[n+](CCC#N)c3c(=O)c(N)cc1c23. The second-order valence-electron chi connectivity index (χ2n) is 4.65. The summed E-state index contributed by atoms with van der Waals surface area (Å²) in [7, 11) is 1.92. The van der Waals surface area contributed by atoms with Gasteiger partial charge in [-0.2, -0.15) is 9.83 Å². The first-order valence-electron chi connectivity index (χ1n) is 6.04. The van der Waals surface area contributed by atoms with Gasteiger partial charge in [0.1, 0.15) is 0 Å². The number of nitrogens with zero attached hydrogens (tertiary/aromatic N) is 3. The van der Waals surface area contributed by atoms with Gasteiger partial charge in [-0.05, 0) is 12.1 Å². The second kappa shape index (κ2) is 3.95. The zero-order chi connectivity index (χ0) is 13.6. The maximum atomic E-state index is 12.3. The Bertz CT molecular complexity index is 873. The van der Waals surface area contributed by atoms with Crippen LogP contribution >= 0.6 is 0 Å². The molecule has 3 aromatic rings. The average Bonchev–Trinajstić information content (AvgIpc) is 2.76. The van der Waals surface area contributed by atoms with Crippen molar-refractivity contribution in [3.05, 3.63) is 34.7 Å². The summed E-state index contributed by atoms with van der Waals surface area (Å²) in [5.41, 5.74) is 7.42. The van der Waals surface area contributed by atoms with Gasteiger partial charge in [0.05, 0.1) is 34.5 Å². The van der Waals surface area contributed by atoms with Crippen LogP contribution in [0.1, 0.15) is 6.42 Å². The Kier molecular flexibility index (Phi) is 2.39. The van der Waals surface area contributed by atoms with Crippen LogP contribution in [-0.4, -0.2) is 4.57 Å². The van der Waals surface area contributed by atoms with Crippen molar-refractivity contribution in [3.63, 3.8) is 0 Å². The number of hydrogen-bond acceptors (Lipinski definition) is 3. The van der Waals surface area contributed by atoms with E-state index < -0.39 is 0 Å². The van der Waals surface area contributed by atoms with Gasteiger partial charge >= 0.3 is 0 Å². The molecule has 0 aliphatic rings. The summed E-state index contributed by atoms with van der Waals surface area (Å²) in [5.74, 6) is 0. The molecule has 0 bridgehead atoms. The molecule has 0 unspecified atom stereocenters. The van der Waals surface area contributed by atoms with Gasteiger partial charge in [-0.3, -0.25) is 4.79 Å². The molecule has 2 aromatic heterocycles. The van der Waals surface area contributed by atoms with Crippen LogP contribution < -0.4 is 15.7 Å². The van der Waals surface area contributed by atoms with Crippen LogP contribution in [0.15, 0.2) is 29.3 Å². The summed E-state index contributed by atoms with van der Waals surface area (Å²) < 4.78 is 3.78. The van der Waals surface area contributed by atoms with E-state index in [1.807, 2.05) is 34.6 Å². The van der Waals surface area contributed by atoms with Crippen LogP contribution in [0.25, 0.3) is 21.8 Å². The van der Waals surface area contributed by atoms with E-state index >= 15 is 0 Å². The first-order valence-corrected chi connectivity index (χ1v) is 6.04. The molecule has 94 valence electrons. The molecule has 5 nitrogen and oxygen atoms in total. The third-order valence-electron chi connectivity index (χ3n) is 3.46. The number of nitrogen functional groups attached to an aromatic ring is 1. The summed E-state index contributed by atoms with van der Waals surface area (Å²) in [6, 6.07) is 5.78. The number of aryl methyl sites for hydroxylation is 2. The fourth-order valence-electron chi connectivity index (χ4n) is 2.54. The normalized spacial score (nSPS) is 11.2. The van der Waals surface area contributed by atoms with Crippen LogP contribution in [0.4, 0.5) is 5.69 Å². The molecule has 0 saturated heterocycles. The number of aromatic nitrogens is 2. The molecule has 0 aliphatic carbocycles. The lowest BCUT2D eigenvalue weighted by molar-refractivity contribution is -0.667. The van der Waals surface area contributed by atoms with Crippen molar-refractivity contribution in [2.75, 3.05) is 5.73 Å². The first kappa shape index (κ1) is 11.5. The van der Waals surface area contributed by atoms with Crippen molar-refractivity contribution in [1.29, 1.82) is 5.26 Å². The van der Waals surface area contributed by atoms with Crippen molar-refractivity contribution in [2.45, 2.75) is 13.0 Å². The molecule has 0 amide bonds. The van der Waals surface area contributed by atoms with Crippen molar-refractivity contribution < 1.29 is 4.57 Å². The highest BCUT2D eigenvalue weighted by Crippen LogP contribution is 2.24. The quantitative estimate of drug-likeness (QED) is 0.545. The summed E-state index contributed by atoms with van der Waals surface area (Å²) in [6.07, 6.45) is 4.22. The standard InChI is InChI=1S/C14H12N4O/c1-17-6-3-9-8-18(5-2-4-15)13-12(9)11(17)7-10(16)14(13)19/h3,6-8,16H,2,5H2,1H3/p+1. The molecule has 0 fully saturated rings. The van der Waals surface area contributed by atoms with Gasteiger partial charge in [-0.25, -0.2) is 0 Å². The van der Waals surface area contributed by atoms with Crippen molar-refractivity contribution in [2.24, 2.45) is 7.05 Å². The van der Waals surface area contributed by atoms with Gasteiger partial charge in [-0.15, -0.1) is 0 Å². The molecule has 2 heterocycles. The number of nitriles is 1. The number of rotatable bonds is 2. The second-order valence-corrected chi connectivity index (χ2v) is 4.65. The highest BCUT2D eigenvalue weighted by molar-refractivity contribution is 6.07. The lowest BCUT2D eigenvalue weighted by atomic mass is 10.1.